The van der Waals surface area contributed by atoms with Gasteiger partial charge in [0.15, 0.2) is 0 Å². The monoisotopic (exact) mass is 260 g/mol. The summed E-state index contributed by atoms with van der Waals surface area (Å²) in [6.07, 6.45) is 3.23. The maximum atomic E-state index is 12.0. The van der Waals surface area contributed by atoms with Crippen LogP contribution in [-0.2, 0) is 11.3 Å². The molecule has 1 aliphatic carbocycles. The van der Waals surface area contributed by atoms with Gasteiger partial charge in [0.05, 0.1) is 0 Å². The zero-order valence-corrected chi connectivity index (χ0v) is 11.0. The lowest BCUT2D eigenvalue weighted by Crippen LogP contribution is -2.51. The number of amides is 1. The molecule has 102 valence electrons. The molecule has 2 fully saturated rings. The summed E-state index contributed by atoms with van der Waals surface area (Å²) in [5.41, 5.74) is 7.51. The first-order valence-corrected chi connectivity index (χ1v) is 6.91. The Morgan fingerprint density at radius 3 is 2.68 bits per heavy atom. The second-order valence-corrected chi connectivity index (χ2v) is 5.71. The van der Waals surface area contributed by atoms with Gasteiger partial charge < -0.3 is 15.4 Å². The van der Waals surface area contributed by atoms with E-state index in [1.807, 2.05) is 30.3 Å². The van der Waals surface area contributed by atoms with Crippen LogP contribution in [0.15, 0.2) is 30.3 Å². The summed E-state index contributed by atoms with van der Waals surface area (Å²) in [6.45, 7) is 1.74. The standard InChI is InChI=1S/C15H20N2O2/c16-13-10-17(9-8-15(13)6-7-15)14(18)19-11-12-4-2-1-3-5-12/h1-5,13H,6-11,16H2. The van der Waals surface area contributed by atoms with E-state index in [1.165, 1.54) is 12.8 Å². The number of ether oxygens (including phenoxy) is 1. The van der Waals surface area contributed by atoms with Crippen molar-refractivity contribution in [3.63, 3.8) is 0 Å². The van der Waals surface area contributed by atoms with Crippen LogP contribution in [0.25, 0.3) is 0 Å². The highest BCUT2D eigenvalue weighted by molar-refractivity contribution is 5.68. The van der Waals surface area contributed by atoms with Crippen LogP contribution in [0.3, 0.4) is 0 Å². The Labute approximate surface area is 113 Å². The van der Waals surface area contributed by atoms with Gasteiger partial charge in [-0.2, -0.15) is 0 Å². The molecule has 4 nitrogen and oxygen atoms in total. The van der Waals surface area contributed by atoms with Crippen molar-refractivity contribution in [2.75, 3.05) is 13.1 Å². The van der Waals surface area contributed by atoms with Crippen molar-refractivity contribution in [3.05, 3.63) is 35.9 Å². The second-order valence-electron chi connectivity index (χ2n) is 5.71. The Bertz CT molecular complexity index is 456. The molecule has 1 aromatic carbocycles. The third kappa shape index (κ3) is 2.59. The highest BCUT2D eigenvalue weighted by Gasteiger charge is 2.50. The molecule has 1 spiro atoms. The van der Waals surface area contributed by atoms with Gasteiger partial charge >= 0.3 is 6.09 Å². The van der Waals surface area contributed by atoms with Gasteiger partial charge in [-0.25, -0.2) is 4.79 Å². The highest BCUT2D eigenvalue weighted by Crippen LogP contribution is 2.52. The summed E-state index contributed by atoms with van der Waals surface area (Å²) in [7, 11) is 0. The lowest BCUT2D eigenvalue weighted by Gasteiger charge is -2.36. The van der Waals surface area contributed by atoms with Crippen LogP contribution in [0.4, 0.5) is 4.79 Å². The van der Waals surface area contributed by atoms with Crippen molar-refractivity contribution in [2.45, 2.75) is 31.9 Å². The fourth-order valence-electron chi connectivity index (χ4n) is 2.82. The summed E-state index contributed by atoms with van der Waals surface area (Å²) >= 11 is 0. The van der Waals surface area contributed by atoms with E-state index < -0.39 is 0 Å². The van der Waals surface area contributed by atoms with Gasteiger partial charge in [-0.15, -0.1) is 0 Å². The molecule has 2 N–H and O–H groups in total. The lowest BCUT2D eigenvalue weighted by molar-refractivity contribution is 0.0736. The van der Waals surface area contributed by atoms with Crippen LogP contribution in [-0.4, -0.2) is 30.1 Å². The molecule has 1 saturated carbocycles. The molecule has 3 rings (SSSR count). The smallest absolute Gasteiger partial charge is 0.410 e. The van der Waals surface area contributed by atoms with Crippen LogP contribution in [0.2, 0.25) is 0 Å². The third-order valence-corrected chi connectivity index (χ3v) is 4.44. The maximum absolute atomic E-state index is 12.0. The van der Waals surface area contributed by atoms with Crippen molar-refractivity contribution in [1.82, 2.24) is 4.90 Å². The summed E-state index contributed by atoms with van der Waals surface area (Å²) in [5.74, 6) is 0. The molecule has 1 unspecified atom stereocenters. The van der Waals surface area contributed by atoms with Gasteiger partial charge in [0.25, 0.3) is 0 Å². The van der Waals surface area contributed by atoms with Gasteiger partial charge in [-0.05, 0) is 30.2 Å². The summed E-state index contributed by atoms with van der Waals surface area (Å²) in [6, 6.07) is 9.85. The second kappa shape index (κ2) is 4.85. The normalized spacial score (nSPS) is 24.3. The van der Waals surface area contributed by atoms with E-state index in [0.29, 0.717) is 18.6 Å². The van der Waals surface area contributed by atoms with Crippen LogP contribution in [0.1, 0.15) is 24.8 Å². The predicted molar refractivity (Wildman–Crippen MR) is 72.5 cm³/mol. The quantitative estimate of drug-likeness (QED) is 0.886. The molecule has 1 heterocycles. The number of benzene rings is 1. The molecule has 0 aromatic heterocycles. The molecule has 1 aromatic rings. The summed E-state index contributed by atoms with van der Waals surface area (Å²) in [5, 5.41) is 0. The first-order chi connectivity index (χ1) is 9.20. The number of carbonyl (C=O) groups excluding carboxylic acids is 1. The number of likely N-dealkylation sites (tertiary alicyclic amines) is 1. The summed E-state index contributed by atoms with van der Waals surface area (Å²) < 4.78 is 5.34. The minimum Gasteiger partial charge on any atom is -0.445 e. The Morgan fingerprint density at radius 2 is 2.05 bits per heavy atom. The Hall–Kier alpha value is -1.55. The predicted octanol–water partition coefficient (Wildman–Crippen LogP) is 2.14. The zero-order valence-electron chi connectivity index (χ0n) is 11.0. The minimum atomic E-state index is -0.241. The molecule has 1 saturated heterocycles. The van der Waals surface area contributed by atoms with E-state index in [-0.39, 0.29) is 12.1 Å². The number of hydrogen-bond acceptors (Lipinski definition) is 3. The van der Waals surface area contributed by atoms with Crippen molar-refractivity contribution < 1.29 is 9.53 Å². The van der Waals surface area contributed by atoms with E-state index in [9.17, 15) is 4.79 Å². The molecule has 0 radical (unpaired) electrons. The van der Waals surface area contributed by atoms with Gasteiger partial charge in [0.1, 0.15) is 6.61 Å². The zero-order chi connectivity index (χ0) is 13.3. The highest BCUT2D eigenvalue weighted by atomic mass is 16.6. The number of hydrogen-bond donors (Lipinski definition) is 1. The first kappa shape index (κ1) is 12.5. The van der Waals surface area contributed by atoms with Gasteiger partial charge in [0, 0.05) is 19.1 Å². The van der Waals surface area contributed by atoms with Crippen LogP contribution >= 0.6 is 0 Å². The molecule has 19 heavy (non-hydrogen) atoms. The fraction of sp³-hybridized carbons (Fsp3) is 0.533. The van der Waals surface area contributed by atoms with E-state index >= 15 is 0 Å². The number of nitrogens with two attached hydrogens (primary N) is 1. The molecule has 1 aliphatic heterocycles. The SMILES string of the molecule is NC1CN(C(=O)OCc2ccccc2)CCC12CC2. The van der Waals surface area contributed by atoms with Gasteiger partial charge in [-0.3, -0.25) is 0 Å². The first-order valence-electron chi connectivity index (χ1n) is 6.91. The van der Waals surface area contributed by atoms with E-state index in [1.54, 1.807) is 4.90 Å². The topological polar surface area (TPSA) is 55.6 Å². The Kier molecular flexibility index (Phi) is 3.19. The molecule has 4 heteroatoms. The van der Waals surface area contributed by atoms with Crippen LogP contribution in [0.5, 0.6) is 0 Å². The molecule has 1 amide bonds. The lowest BCUT2D eigenvalue weighted by atomic mass is 9.89. The molecule has 0 bridgehead atoms. The number of nitrogens with zero attached hydrogens (tertiary/aromatic N) is 1. The van der Waals surface area contributed by atoms with Crippen LogP contribution in [0, 0.1) is 5.41 Å². The van der Waals surface area contributed by atoms with Gasteiger partial charge in [-0.1, -0.05) is 30.3 Å². The van der Waals surface area contributed by atoms with Gasteiger partial charge in [0.2, 0.25) is 0 Å². The van der Waals surface area contributed by atoms with Crippen molar-refractivity contribution in [1.29, 1.82) is 0 Å². The van der Waals surface area contributed by atoms with Crippen molar-refractivity contribution in [2.24, 2.45) is 11.1 Å². The average Bonchev–Trinajstić information content (AvgIpc) is 3.21. The molecular weight excluding hydrogens is 240 g/mol. The number of piperidine rings is 1. The molecule has 1 atom stereocenters. The number of rotatable bonds is 2. The Morgan fingerprint density at radius 1 is 1.32 bits per heavy atom. The molecule has 2 aliphatic rings. The Balaban J connectivity index is 1.51. The third-order valence-electron chi connectivity index (χ3n) is 4.44. The van der Waals surface area contributed by atoms with Crippen molar-refractivity contribution in [3.8, 4) is 0 Å². The van der Waals surface area contributed by atoms with E-state index in [4.69, 9.17) is 10.5 Å². The summed E-state index contributed by atoms with van der Waals surface area (Å²) in [4.78, 5) is 13.7. The largest absolute Gasteiger partial charge is 0.445 e. The van der Waals surface area contributed by atoms with E-state index in [2.05, 4.69) is 0 Å². The van der Waals surface area contributed by atoms with E-state index in [0.717, 1.165) is 18.5 Å². The fourth-order valence-corrected chi connectivity index (χ4v) is 2.82. The van der Waals surface area contributed by atoms with Crippen LogP contribution < -0.4 is 5.73 Å². The number of carbonyl (C=O) groups is 1. The average molecular weight is 260 g/mol. The minimum absolute atomic E-state index is 0.116. The maximum Gasteiger partial charge on any atom is 0.410 e. The molecular formula is C15H20N2O2. The van der Waals surface area contributed by atoms with Crippen molar-refractivity contribution >= 4 is 6.09 Å².